The Bertz CT molecular complexity index is 1110. The van der Waals surface area contributed by atoms with Gasteiger partial charge in [0.1, 0.15) is 5.69 Å². The molecule has 0 bridgehead atoms. The van der Waals surface area contributed by atoms with E-state index in [0.29, 0.717) is 43.3 Å². The molecule has 0 saturated carbocycles. The third kappa shape index (κ3) is 6.69. The lowest BCUT2D eigenvalue weighted by atomic mass is 9.94. The Morgan fingerprint density at radius 3 is 2.49 bits per heavy atom. The molecule has 0 unspecified atom stereocenters. The molecule has 1 aliphatic heterocycles. The van der Waals surface area contributed by atoms with E-state index in [9.17, 15) is 9.59 Å². The fourth-order valence-corrected chi connectivity index (χ4v) is 5.06. The number of benzene rings is 2. The summed E-state index contributed by atoms with van der Waals surface area (Å²) in [5.41, 5.74) is 3.76. The van der Waals surface area contributed by atoms with E-state index in [1.165, 1.54) is 16.9 Å². The number of aryl methyl sites for hydroxylation is 1. The van der Waals surface area contributed by atoms with E-state index < -0.39 is 0 Å². The van der Waals surface area contributed by atoms with Crippen molar-refractivity contribution in [1.82, 2.24) is 14.8 Å². The minimum Gasteiger partial charge on any atom is -0.338 e. The molecule has 1 aliphatic rings. The fourth-order valence-electron chi connectivity index (χ4n) is 4.36. The summed E-state index contributed by atoms with van der Waals surface area (Å²) in [6.45, 7) is 6.79. The van der Waals surface area contributed by atoms with Crippen molar-refractivity contribution in [3.8, 4) is 0 Å². The number of likely N-dealkylation sites (tertiary alicyclic amines) is 1. The Labute approximate surface area is 212 Å². The van der Waals surface area contributed by atoms with E-state index in [1.54, 1.807) is 0 Å². The van der Waals surface area contributed by atoms with Crippen LogP contribution in [-0.4, -0.2) is 46.2 Å². The minimum atomic E-state index is -0.0590. The van der Waals surface area contributed by atoms with Crippen molar-refractivity contribution in [1.29, 1.82) is 0 Å². The molecule has 3 aromatic rings. The van der Waals surface area contributed by atoms with Crippen molar-refractivity contribution in [2.75, 3.05) is 25.0 Å². The fraction of sp³-hybridized carbons (Fsp3) is 0.393. The number of carbonyl (C=O) groups is 2. The van der Waals surface area contributed by atoms with Gasteiger partial charge in [-0.25, -0.2) is 4.98 Å². The summed E-state index contributed by atoms with van der Waals surface area (Å²) in [7, 11) is 0. The Morgan fingerprint density at radius 2 is 1.80 bits per heavy atom. The SMILES string of the molecule is CCCCN(Cc1ccccc1)C(=O)C1CCN(C(=O)c2csc(Nc3ccc(C)cc3)n2)CC1. The van der Waals surface area contributed by atoms with Crippen molar-refractivity contribution in [3.05, 3.63) is 76.8 Å². The van der Waals surface area contributed by atoms with Gasteiger partial charge in [0.2, 0.25) is 5.91 Å². The molecule has 184 valence electrons. The maximum atomic E-state index is 13.4. The number of nitrogens with zero attached hydrogens (tertiary/aromatic N) is 3. The third-order valence-electron chi connectivity index (χ3n) is 6.47. The minimum absolute atomic E-state index is 0.0335. The second kappa shape index (κ2) is 12.0. The van der Waals surface area contributed by atoms with Crippen LogP contribution in [0.2, 0.25) is 0 Å². The first-order valence-electron chi connectivity index (χ1n) is 12.4. The Balaban J connectivity index is 1.32. The van der Waals surface area contributed by atoms with Crippen LogP contribution in [0.4, 0.5) is 10.8 Å². The molecule has 2 heterocycles. The number of hydrogen-bond donors (Lipinski definition) is 1. The van der Waals surface area contributed by atoms with Crippen LogP contribution in [0, 0.1) is 12.8 Å². The van der Waals surface area contributed by atoms with Gasteiger partial charge < -0.3 is 15.1 Å². The van der Waals surface area contributed by atoms with Gasteiger partial charge in [-0.15, -0.1) is 11.3 Å². The zero-order chi connectivity index (χ0) is 24.6. The maximum absolute atomic E-state index is 13.4. The topological polar surface area (TPSA) is 65.5 Å². The van der Waals surface area contributed by atoms with E-state index in [1.807, 2.05) is 64.6 Å². The number of rotatable bonds is 9. The van der Waals surface area contributed by atoms with E-state index in [0.717, 1.165) is 30.6 Å². The summed E-state index contributed by atoms with van der Waals surface area (Å²) >= 11 is 1.43. The van der Waals surface area contributed by atoms with Gasteiger partial charge >= 0.3 is 0 Å². The molecule has 2 aromatic carbocycles. The van der Waals surface area contributed by atoms with E-state index >= 15 is 0 Å². The van der Waals surface area contributed by atoms with Gasteiger partial charge in [0.15, 0.2) is 5.13 Å². The molecule has 1 N–H and O–H groups in total. The molecule has 6 nitrogen and oxygen atoms in total. The molecule has 0 aliphatic carbocycles. The highest BCUT2D eigenvalue weighted by atomic mass is 32.1. The van der Waals surface area contributed by atoms with Gasteiger partial charge in [0.25, 0.3) is 5.91 Å². The zero-order valence-electron chi connectivity index (χ0n) is 20.6. The van der Waals surface area contributed by atoms with E-state index in [4.69, 9.17) is 0 Å². The molecule has 0 atom stereocenters. The van der Waals surface area contributed by atoms with E-state index in [-0.39, 0.29) is 17.7 Å². The Kier molecular flexibility index (Phi) is 8.53. The predicted octanol–water partition coefficient (Wildman–Crippen LogP) is 5.88. The van der Waals surface area contributed by atoms with Crippen LogP contribution < -0.4 is 5.32 Å². The van der Waals surface area contributed by atoms with Gasteiger partial charge in [-0.2, -0.15) is 0 Å². The van der Waals surface area contributed by atoms with Crippen molar-refractivity contribution in [3.63, 3.8) is 0 Å². The first-order chi connectivity index (χ1) is 17.0. The highest BCUT2D eigenvalue weighted by molar-refractivity contribution is 7.14. The summed E-state index contributed by atoms with van der Waals surface area (Å²) in [6, 6.07) is 18.3. The predicted molar refractivity (Wildman–Crippen MR) is 142 cm³/mol. The van der Waals surface area contributed by atoms with Gasteiger partial charge in [-0.1, -0.05) is 61.4 Å². The van der Waals surface area contributed by atoms with E-state index in [2.05, 4.69) is 29.4 Å². The Morgan fingerprint density at radius 1 is 1.09 bits per heavy atom. The van der Waals surface area contributed by atoms with Crippen molar-refractivity contribution in [2.24, 2.45) is 5.92 Å². The smallest absolute Gasteiger partial charge is 0.273 e. The second-order valence-electron chi connectivity index (χ2n) is 9.19. The molecule has 0 radical (unpaired) electrons. The molecule has 1 saturated heterocycles. The van der Waals surface area contributed by atoms with Gasteiger partial charge in [0.05, 0.1) is 0 Å². The number of thiazole rings is 1. The summed E-state index contributed by atoms with van der Waals surface area (Å²) in [5, 5.41) is 5.78. The summed E-state index contributed by atoms with van der Waals surface area (Å²) in [6.07, 6.45) is 3.44. The van der Waals surface area contributed by atoms with Crippen molar-refractivity contribution < 1.29 is 9.59 Å². The van der Waals surface area contributed by atoms with Crippen LogP contribution in [0.25, 0.3) is 0 Å². The quantitative estimate of drug-likeness (QED) is 0.407. The molecular formula is C28H34N4O2S. The molecule has 35 heavy (non-hydrogen) atoms. The number of unbranched alkanes of at least 4 members (excludes halogenated alkanes) is 1. The monoisotopic (exact) mass is 490 g/mol. The van der Waals surface area contributed by atoms with Gasteiger partial charge in [-0.05, 0) is 43.9 Å². The first-order valence-corrected chi connectivity index (χ1v) is 13.3. The van der Waals surface area contributed by atoms with Crippen LogP contribution in [0.1, 0.15) is 54.2 Å². The standard InChI is InChI=1S/C28H34N4O2S/c1-3-4-16-32(19-22-8-6-5-7-9-22)26(33)23-14-17-31(18-15-23)27(34)25-20-35-28(30-25)29-24-12-10-21(2)11-13-24/h5-13,20,23H,3-4,14-19H2,1-2H3,(H,29,30). The van der Waals surface area contributed by atoms with Crippen LogP contribution in [-0.2, 0) is 11.3 Å². The number of piperidine rings is 1. The lowest BCUT2D eigenvalue weighted by molar-refractivity contribution is -0.137. The third-order valence-corrected chi connectivity index (χ3v) is 7.22. The average Bonchev–Trinajstić information content (AvgIpc) is 3.36. The number of carbonyl (C=O) groups excluding carboxylic acids is 2. The second-order valence-corrected chi connectivity index (χ2v) is 10.1. The molecular weight excluding hydrogens is 456 g/mol. The molecule has 4 rings (SSSR count). The van der Waals surface area contributed by atoms with Gasteiger partial charge in [-0.3, -0.25) is 9.59 Å². The number of amides is 2. The number of hydrogen-bond acceptors (Lipinski definition) is 5. The lowest BCUT2D eigenvalue weighted by Crippen LogP contribution is -2.44. The highest BCUT2D eigenvalue weighted by Gasteiger charge is 2.31. The zero-order valence-corrected chi connectivity index (χ0v) is 21.4. The van der Waals surface area contributed by atoms with Crippen LogP contribution in [0.3, 0.4) is 0 Å². The van der Waals surface area contributed by atoms with Crippen LogP contribution >= 0.6 is 11.3 Å². The molecule has 1 fully saturated rings. The number of nitrogens with one attached hydrogen (secondary N) is 1. The highest BCUT2D eigenvalue weighted by Crippen LogP contribution is 2.25. The number of aromatic nitrogens is 1. The largest absolute Gasteiger partial charge is 0.338 e. The average molecular weight is 491 g/mol. The van der Waals surface area contributed by atoms with Crippen LogP contribution in [0.15, 0.2) is 60.0 Å². The van der Waals surface area contributed by atoms with Crippen molar-refractivity contribution in [2.45, 2.75) is 46.1 Å². The normalized spacial score (nSPS) is 14.1. The molecule has 1 aromatic heterocycles. The lowest BCUT2D eigenvalue weighted by Gasteiger charge is -2.34. The summed E-state index contributed by atoms with van der Waals surface area (Å²) < 4.78 is 0. The Hall–Kier alpha value is -3.19. The first kappa shape index (κ1) is 24.9. The van der Waals surface area contributed by atoms with Gasteiger partial charge in [0, 0.05) is 43.2 Å². The summed E-state index contributed by atoms with van der Waals surface area (Å²) in [4.78, 5) is 34.8. The molecule has 0 spiro atoms. The van der Waals surface area contributed by atoms with Crippen LogP contribution in [0.5, 0.6) is 0 Å². The molecule has 2 amide bonds. The maximum Gasteiger partial charge on any atom is 0.273 e. The van der Waals surface area contributed by atoms with Crippen molar-refractivity contribution >= 4 is 34.0 Å². The molecule has 7 heteroatoms. The summed E-state index contributed by atoms with van der Waals surface area (Å²) in [5.74, 6) is 0.123. The number of anilines is 2.